The first kappa shape index (κ1) is 12.6. The number of hydrogen-bond acceptors (Lipinski definition) is 2. The van der Waals surface area contributed by atoms with Crippen LogP contribution in [0, 0.1) is 11.3 Å². The predicted molar refractivity (Wildman–Crippen MR) is 65.4 cm³/mol. The van der Waals surface area contributed by atoms with Crippen molar-refractivity contribution in [2.75, 3.05) is 0 Å². The standard InChI is InChI=1S/C14H19NO/c1-12(2)16-14-9-7-13(8-10-14)6-4-3-5-11-15/h7-10,12H,3-6H2,1-2H3. The first-order valence-electron chi connectivity index (χ1n) is 5.85. The smallest absolute Gasteiger partial charge is 0.119 e. The second-order valence-corrected chi connectivity index (χ2v) is 4.18. The summed E-state index contributed by atoms with van der Waals surface area (Å²) in [5.41, 5.74) is 1.31. The molecule has 1 aromatic carbocycles. The molecular weight excluding hydrogens is 198 g/mol. The molecule has 0 unspecified atom stereocenters. The summed E-state index contributed by atoms with van der Waals surface area (Å²) in [5, 5.41) is 8.42. The molecule has 0 radical (unpaired) electrons. The fourth-order valence-corrected chi connectivity index (χ4v) is 1.54. The monoisotopic (exact) mass is 217 g/mol. The lowest BCUT2D eigenvalue weighted by Crippen LogP contribution is -2.05. The lowest BCUT2D eigenvalue weighted by atomic mass is 10.1. The Morgan fingerprint density at radius 1 is 1.19 bits per heavy atom. The van der Waals surface area contributed by atoms with Gasteiger partial charge in [0.05, 0.1) is 12.2 Å². The van der Waals surface area contributed by atoms with Crippen molar-refractivity contribution in [2.24, 2.45) is 0 Å². The van der Waals surface area contributed by atoms with Gasteiger partial charge < -0.3 is 4.74 Å². The quantitative estimate of drug-likeness (QED) is 0.680. The topological polar surface area (TPSA) is 33.0 Å². The third kappa shape index (κ3) is 4.84. The molecule has 0 spiro atoms. The molecule has 0 saturated carbocycles. The number of unbranched alkanes of at least 4 members (excludes halogenated alkanes) is 2. The molecule has 0 aliphatic heterocycles. The van der Waals surface area contributed by atoms with Gasteiger partial charge >= 0.3 is 0 Å². The minimum absolute atomic E-state index is 0.224. The van der Waals surface area contributed by atoms with Crippen LogP contribution in [0.5, 0.6) is 5.75 Å². The van der Waals surface area contributed by atoms with Gasteiger partial charge in [-0.25, -0.2) is 0 Å². The number of nitriles is 1. The lowest BCUT2D eigenvalue weighted by Gasteiger charge is -2.09. The van der Waals surface area contributed by atoms with Crippen molar-refractivity contribution in [1.82, 2.24) is 0 Å². The Balaban J connectivity index is 2.37. The molecule has 0 saturated heterocycles. The molecule has 0 amide bonds. The number of hydrogen-bond donors (Lipinski definition) is 0. The van der Waals surface area contributed by atoms with Crippen molar-refractivity contribution in [1.29, 1.82) is 5.26 Å². The molecule has 0 aromatic heterocycles. The van der Waals surface area contributed by atoms with E-state index in [-0.39, 0.29) is 6.10 Å². The van der Waals surface area contributed by atoms with E-state index in [4.69, 9.17) is 10.00 Å². The fraction of sp³-hybridized carbons (Fsp3) is 0.500. The predicted octanol–water partition coefficient (Wildman–Crippen LogP) is 3.71. The maximum atomic E-state index is 8.42. The molecule has 2 heteroatoms. The highest BCUT2D eigenvalue weighted by Crippen LogP contribution is 2.15. The highest BCUT2D eigenvalue weighted by molar-refractivity contribution is 5.27. The molecule has 0 N–H and O–H groups in total. The maximum absolute atomic E-state index is 8.42. The van der Waals surface area contributed by atoms with Gasteiger partial charge in [0, 0.05) is 6.42 Å². The van der Waals surface area contributed by atoms with Crippen LogP contribution in [0.3, 0.4) is 0 Å². The van der Waals surface area contributed by atoms with E-state index in [0.717, 1.165) is 25.0 Å². The Bertz CT molecular complexity index is 335. The van der Waals surface area contributed by atoms with E-state index in [0.29, 0.717) is 6.42 Å². The zero-order valence-corrected chi connectivity index (χ0v) is 10.1. The SMILES string of the molecule is CC(C)Oc1ccc(CCCCC#N)cc1. The minimum Gasteiger partial charge on any atom is -0.491 e. The summed E-state index contributed by atoms with van der Waals surface area (Å²) in [6.45, 7) is 4.05. The third-order valence-corrected chi connectivity index (χ3v) is 2.30. The Labute approximate surface area is 97.9 Å². The van der Waals surface area contributed by atoms with Crippen molar-refractivity contribution in [3.63, 3.8) is 0 Å². The van der Waals surface area contributed by atoms with Crippen LogP contribution in [0.4, 0.5) is 0 Å². The molecule has 1 aromatic rings. The van der Waals surface area contributed by atoms with Gasteiger partial charge in [0.15, 0.2) is 0 Å². The molecule has 0 atom stereocenters. The largest absolute Gasteiger partial charge is 0.491 e. The molecule has 0 fully saturated rings. The van der Waals surface area contributed by atoms with E-state index in [1.54, 1.807) is 0 Å². The molecular formula is C14H19NO. The zero-order valence-electron chi connectivity index (χ0n) is 10.1. The Kier molecular flexibility index (Phi) is 5.42. The summed E-state index contributed by atoms with van der Waals surface area (Å²) in [6.07, 6.45) is 4.00. The van der Waals surface area contributed by atoms with Crippen LogP contribution in [0.2, 0.25) is 0 Å². The van der Waals surface area contributed by atoms with Crippen molar-refractivity contribution in [2.45, 2.75) is 45.6 Å². The van der Waals surface area contributed by atoms with E-state index in [1.165, 1.54) is 5.56 Å². The molecule has 1 rings (SSSR count). The van der Waals surface area contributed by atoms with E-state index in [9.17, 15) is 0 Å². The van der Waals surface area contributed by atoms with E-state index in [2.05, 4.69) is 18.2 Å². The summed E-state index contributed by atoms with van der Waals surface area (Å²) in [6, 6.07) is 10.4. The molecule has 86 valence electrons. The van der Waals surface area contributed by atoms with Crippen LogP contribution in [0.15, 0.2) is 24.3 Å². The van der Waals surface area contributed by atoms with Crippen LogP contribution >= 0.6 is 0 Å². The number of ether oxygens (including phenoxy) is 1. The van der Waals surface area contributed by atoms with Gasteiger partial charge in [-0.3, -0.25) is 0 Å². The van der Waals surface area contributed by atoms with Gasteiger partial charge in [-0.15, -0.1) is 0 Å². The van der Waals surface area contributed by atoms with Gasteiger partial charge in [0.1, 0.15) is 5.75 Å². The molecule has 0 aliphatic rings. The average molecular weight is 217 g/mol. The van der Waals surface area contributed by atoms with Gasteiger partial charge in [0.25, 0.3) is 0 Å². The fourth-order valence-electron chi connectivity index (χ4n) is 1.54. The summed E-state index contributed by atoms with van der Waals surface area (Å²) in [5.74, 6) is 0.927. The summed E-state index contributed by atoms with van der Waals surface area (Å²) >= 11 is 0. The number of rotatable bonds is 6. The summed E-state index contributed by atoms with van der Waals surface area (Å²) in [7, 11) is 0. The van der Waals surface area contributed by atoms with Crippen molar-refractivity contribution >= 4 is 0 Å². The zero-order chi connectivity index (χ0) is 11.8. The Morgan fingerprint density at radius 2 is 1.88 bits per heavy atom. The normalized spacial score (nSPS) is 10.1. The second-order valence-electron chi connectivity index (χ2n) is 4.18. The highest BCUT2D eigenvalue weighted by atomic mass is 16.5. The summed E-state index contributed by atoms with van der Waals surface area (Å²) in [4.78, 5) is 0. The van der Waals surface area contributed by atoms with Gasteiger partial charge in [-0.1, -0.05) is 12.1 Å². The van der Waals surface area contributed by atoms with Crippen LogP contribution < -0.4 is 4.74 Å². The first-order valence-corrected chi connectivity index (χ1v) is 5.85. The Morgan fingerprint density at radius 3 is 2.44 bits per heavy atom. The number of benzene rings is 1. The van der Waals surface area contributed by atoms with Crippen LogP contribution in [-0.2, 0) is 6.42 Å². The highest BCUT2D eigenvalue weighted by Gasteiger charge is 1.98. The van der Waals surface area contributed by atoms with E-state index < -0.39 is 0 Å². The van der Waals surface area contributed by atoms with Crippen molar-refractivity contribution in [3.8, 4) is 11.8 Å². The summed E-state index contributed by atoms with van der Waals surface area (Å²) < 4.78 is 5.57. The molecule has 0 bridgehead atoms. The first-order chi connectivity index (χ1) is 7.72. The minimum atomic E-state index is 0.224. The molecule has 2 nitrogen and oxygen atoms in total. The second kappa shape index (κ2) is 6.90. The van der Waals surface area contributed by atoms with Crippen molar-refractivity contribution in [3.05, 3.63) is 29.8 Å². The van der Waals surface area contributed by atoms with Crippen molar-refractivity contribution < 1.29 is 4.74 Å². The Hall–Kier alpha value is -1.49. The average Bonchev–Trinajstić information content (AvgIpc) is 2.26. The molecule has 0 aliphatic carbocycles. The van der Waals surface area contributed by atoms with Crippen LogP contribution in [-0.4, -0.2) is 6.10 Å². The van der Waals surface area contributed by atoms with Gasteiger partial charge in [-0.05, 0) is 50.8 Å². The lowest BCUT2D eigenvalue weighted by molar-refractivity contribution is 0.242. The van der Waals surface area contributed by atoms with Crippen LogP contribution in [0.1, 0.15) is 38.7 Å². The van der Waals surface area contributed by atoms with Gasteiger partial charge in [0.2, 0.25) is 0 Å². The van der Waals surface area contributed by atoms with Gasteiger partial charge in [-0.2, -0.15) is 5.26 Å². The number of nitrogens with zero attached hydrogens (tertiary/aromatic N) is 1. The molecule has 16 heavy (non-hydrogen) atoms. The maximum Gasteiger partial charge on any atom is 0.119 e. The number of aryl methyl sites for hydroxylation is 1. The van der Waals surface area contributed by atoms with E-state index >= 15 is 0 Å². The molecule has 0 heterocycles. The van der Waals surface area contributed by atoms with E-state index in [1.807, 2.05) is 26.0 Å². The van der Waals surface area contributed by atoms with Crippen LogP contribution in [0.25, 0.3) is 0 Å². The third-order valence-electron chi connectivity index (χ3n) is 2.30.